The molecule has 0 aliphatic heterocycles. The SMILES string of the molecule is Cc1ccccc1-c1cn[nH]n1.O=P(O)(O)O. The Morgan fingerprint density at radius 3 is 2.29 bits per heavy atom. The number of nitrogens with one attached hydrogen (secondary N) is 1. The highest BCUT2D eigenvalue weighted by atomic mass is 31.2. The first-order valence-corrected chi connectivity index (χ1v) is 6.14. The maximum Gasteiger partial charge on any atom is 0.466 e. The molecule has 0 spiro atoms. The summed E-state index contributed by atoms with van der Waals surface area (Å²) in [5.41, 5.74) is 3.24. The predicted molar refractivity (Wildman–Crippen MR) is 60.8 cm³/mol. The molecule has 0 aliphatic carbocycles. The van der Waals surface area contributed by atoms with Gasteiger partial charge in [0.15, 0.2) is 0 Å². The van der Waals surface area contributed by atoms with E-state index in [-0.39, 0.29) is 0 Å². The van der Waals surface area contributed by atoms with Crippen molar-refractivity contribution < 1.29 is 19.2 Å². The lowest BCUT2D eigenvalue weighted by atomic mass is 10.1. The van der Waals surface area contributed by atoms with E-state index in [4.69, 9.17) is 19.2 Å². The Labute approximate surface area is 97.4 Å². The molecule has 0 aliphatic rings. The van der Waals surface area contributed by atoms with Gasteiger partial charge in [-0.2, -0.15) is 15.4 Å². The third kappa shape index (κ3) is 5.37. The van der Waals surface area contributed by atoms with Crippen molar-refractivity contribution in [3.63, 3.8) is 0 Å². The van der Waals surface area contributed by atoms with Crippen LogP contribution in [0.25, 0.3) is 11.3 Å². The van der Waals surface area contributed by atoms with Gasteiger partial charge in [0.2, 0.25) is 0 Å². The van der Waals surface area contributed by atoms with Crippen molar-refractivity contribution in [2.24, 2.45) is 0 Å². The van der Waals surface area contributed by atoms with Gasteiger partial charge in [-0.1, -0.05) is 24.3 Å². The fourth-order valence-corrected chi connectivity index (χ4v) is 1.19. The predicted octanol–water partition coefficient (Wildman–Crippen LogP) is 0.852. The number of aryl methyl sites for hydroxylation is 1. The molecule has 1 aromatic heterocycles. The van der Waals surface area contributed by atoms with Crippen LogP contribution in [0.4, 0.5) is 0 Å². The van der Waals surface area contributed by atoms with Crippen LogP contribution in [0.1, 0.15) is 5.56 Å². The summed E-state index contributed by atoms with van der Waals surface area (Å²) >= 11 is 0. The van der Waals surface area contributed by atoms with Gasteiger partial charge in [-0.15, -0.1) is 0 Å². The maximum atomic E-state index is 8.88. The minimum Gasteiger partial charge on any atom is -0.303 e. The van der Waals surface area contributed by atoms with E-state index in [1.165, 1.54) is 5.56 Å². The van der Waals surface area contributed by atoms with Gasteiger partial charge in [0.1, 0.15) is 5.69 Å². The third-order valence-corrected chi connectivity index (χ3v) is 1.84. The van der Waals surface area contributed by atoms with Gasteiger partial charge in [0.05, 0.1) is 6.20 Å². The molecule has 2 rings (SSSR count). The number of benzene rings is 1. The van der Waals surface area contributed by atoms with Crippen LogP contribution in [0.3, 0.4) is 0 Å². The zero-order valence-corrected chi connectivity index (χ0v) is 9.87. The summed E-state index contributed by atoms with van der Waals surface area (Å²) in [6, 6.07) is 8.10. The van der Waals surface area contributed by atoms with Gasteiger partial charge in [0.25, 0.3) is 0 Å². The Kier molecular flexibility index (Phi) is 4.53. The number of nitrogens with zero attached hydrogens (tertiary/aromatic N) is 2. The molecule has 0 unspecified atom stereocenters. The van der Waals surface area contributed by atoms with Crippen molar-refractivity contribution in [3.05, 3.63) is 36.0 Å². The Morgan fingerprint density at radius 1 is 1.24 bits per heavy atom. The van der Waals surface area contributed by atoms with Crippen molar-refractivity contribution in [1.82, 2.24) is 15.4 Å². The minimum atomic E-state index is -4.64. The third-order valence-electron chi connectivity index (χ3n) is 1.84. The number of aromatic nitrogens is 3. The van der Waals surface area contributed by atoms with E-state index in [1.54, 1.807) is 6.20 Å². The lowest BCUT2D eigenvalue weighted by Crippen LogP contribution is -1.81. The Balaban J connectivity index is 0.000000249. The van der Waals surface area contributed by atoms with Crippen LogP contribution in [-0.4, -0.2) is 30.1 Å². The molecule has 2 aromatic rings. The first kappa shape index (κ1) is 13.5. The molecule has 1 heterocycles. The van der Waals surface area contributed by atoms with E-state index in [2.05, 4.69) is 28.4 Å². The Morgan fingerprint density at radius 2 is 1.82 bits per heavy atom. The van der Waals surface area contributed by atoms with Crippen molar-refractivity contribution >= 4 is 7.82 Å². The van der Waals surface area contributed by atoms with E-state index < -0.39 is 7.82 Å². The molecule has 17 heavy (non-hydrogen) atoms. The lowest BCUT2D eigenvalue weighted by molar-refractivity contribution is 0.275. The molecule has 0 atom stereocenters. The molecule has 0 amide bonds. The molecule has 4 N–H and O–H groups in total. The number of H-pyrrole nitrogens is 1. The fraction of sp³-hybridized carbons (Fsp3) is 0.111. The number of rotatable bonds is 1. The number of phosphoric acid groups is 1. The van der Waals surface area contributed by atoms with E-state index in [0.29, 0.717) is 0 Å². The van der Waals surface area contributed by atoms with Gasteiger partial charge in [-0.25, -0.2) is 4.57 Å². The summed E-state index contributed by atoms with van der Waals surface area (Å²) in [7, 11) is -4.64. The highest BCUT2D eigenvalue weighted by Crippen LogP contribution is 2.25. The van der Waals surface area contributed by atoms with Crippen molar-refractivity contribution in [3.8, 4) is 11.3 Å². The van der Waals surface area contributed by atoms with E-state index >= 15 is 0 Å². The van der Waals surface area contributed by atoms with Crippen molar-refractivity contribution in [2.45, 2.75) is 6.92 Å². The molecule has 0 saturated heterocycles. The second-order valence-corrected chi connectivity index (χ2v) is 4.21. The molecule has 0 bridgehead atoms. The van der Waals surface area contributed by atoms with E-state index in [0.717, 1.165) is 11.3 Å². The van der Waals surface area contributed by atoms with Gasteiger partial charge in [-0.05, 0) is 12.5 Å². The summed E-state index contributed by atoms with van der Waals surface area (Å²) in [4.78, 5) is 21.6. The van der Waals surface area contributed by atoms with E-state index in [1.807, 2.05) is 18.2 Å². The molecule has 0 saturated carbocycles. The monoisotopic (exact) mass is 257 g/mol. The second kappa shape index (κ2) is 5.70. The molecule has 0 radical (unpaired) electrons. The Bertz CT molecular complexity index is 500. The quantitative estimate of drug-likeness (QED) is 0.562. The van der Waals surface area contributed by atoms with Crippen LogP contribution >= 0.6 is 7.82 Å². The molecular formula is C9H12N3O4P. The first-order valence-electron chi connectivity index (χ1n) is 4.58. The summed E-state index contributed by atoms with van der Waals surface area (Å²) < 4.78 is 8.88. The van der Waals surface area contributed by atoms with Crippen molar-refractivity contribution in [1.29, 1.82) is 0 Å². The number of hydrogen-bond acceptors (Lipinski definition) is 3. The summed E-state index contributed by atoms with van der Waals surface area (Å²) in [6.07, 6.45) is 1.72. The highest BCUT2D eigenvalue weighted by Gasteiger charge is 2.01. The molecule has 92 valence electrons. The molecule has 7 nitrogen and oxygen atoms in total. The minimum absolute atomic E-state index is 0.896. The van der Waals surface area contributed by atoms with Crippen LogP contribution in [0.5, 0.6) is 0 Å². The largest absolute Gasteiger partial charge is 0.466 e. The summed E-state index contributed by atoms with van der Waals surface area (Å²) in [6.45, 7) is 2.06. The highest BCUT2D eigenvalue weighted by molar-refractivity contribution is 7.45. The van der Waals surface area contributed by atoms with Crippen LogP contribution in [0.15, 0.2) is 30.5 Å². The molecule has 1 aromatic carbocycles. The van der Waals surface area contributed by atoms with Crippen LogP contribution in [0.2, 0.25) is 0 Å². The maximum absolute atomic E-state index is 8.88. The zero-order chi connectivity index (χ0) is 12.9. The summed E-state index contributed by atoms with van der Waals surface area (Å²) in [5.74, 6) is 0. The second-order valence-electron chi connectivity index (χ2n) is 3.18. The fourth-order valence-electron chi connectivity index (χ4n) is 1.19. The molecule has 0 fully saturated rings. The number of hydrogen-bond donors (Lipinski definition) is 4. The van der Waals surface area contributed by atoms with Gasteiger partial charge in [0, 0.05) is 5.56 Å². The summed E-state index contributed by atoms with van der Waals surface area (Å²) in [5, 5.41) is 10.4. The standard InChI is InChI=1S/C9H9N3.H3O4P/c1-7-4-2-3-5-8(7)9-6-10-12-11-9;1-5(2,3)4/h2-6H,1H3,(H,10,11,12);(H3,1,2,3,4). The smallest absolute Gasteiger partial charge is 0.303 e. The van der Waals surface area contributed by atoms with Gasteiger partial charge in [-0.3, -0.25) is 0 Å². The van der Waals surface area contributed by atoms with Crippen LogP contribution in [0, 0.1) is 6.92 Å². The molecule has 8 heteroatoms. The van der Waals surface area contributed by atoms with Crippen LogP contribution < -0.4 is 0 Å². The Hall–Kier alpha value is -1.53. The zero-order valence-electron chi connectivity index (χ0n) is 8.98. The normalized spacial score (nSPS) is 10.6. The lowest BCUT2D eigenvalue weighted by Gasteiger charge is -1.98. The topological polar surface area (TPSA) is 119 Å². The first-order chi connectivity index (χ1) is 7.88. The van der Waals surface area contributed by atoms with Gasteiger partial charge < -0.3 is 14.7 Å². The van der Waals surface area contributed by atoms with Gasteiger partial charge >= 0.3 is 7.82 Å². The van der Waals surface area contributed by atoms with E-state index in [9.17, 15) is 0 Å². The number of aromatic amines is 1. The average molecular weight is 257 g/mol. The van der Waals surface area contributed by atoms with Crippen molar-refractivity contribution in [2.75, 3.05) is 0 Å². The molecular weight excluding hydrogens is 245 g/mol. The average Bonchev–Trinajstić information content (AvgIpc) is 2.68. The van der Waals surface area contributed by atoms with Crippen LogP contribution in [-0.2, 0) is 4.57 Å².